The Morgan fingerprint density at radius 1 is 1.19 bits per heavy atom. The summed E-state index contributed by atoms with van der Waals surface area (Å²) >= 11 is 12.0. The molecule has 0 radical (unpaired) electrons. The maximum absolute atomic E-state index is 12.6. The lowest BCUT2D eigenvalue weighted by Crippen LogP contribution is -2.51. The van der Waals surface area contributed by atoms with Gasteiger partial charge in [0.15, 0.2) is 0 Å². The van der Waals surface area contributed by atoms with E-state index in [0.717, 1.165) is 37.4 Å². The van der Waals surface area contributed by atoms with E-state index in [2.05, 4.69) is 15.5 Å². The Morgan fingerprint density at radius 3 is 2.54 bits per heavy atom. The number of benzene rings is 1. The number of likely N-dealkylation sites (tertiary alicyclic amines) is 1. The molecule has 1 saturated heterocycles. The number of hydrogen-bond donors (Lipinski definition) is 2. The Balaban J connectivity index is 1.51. The van der Waals surface area contributed by atoms with Gasteiger partial charge in [0.05, 0.1) is 10.0 Å². The van der Waals surface area contributed by atoms with E-state index in [1.165, 1.54) is 19.4 Å². The van der Waals surface area contributed by atoms with E-state index in [9.17, 15) is 9.59 Å². The minimum Gasteiger partial charge on any atom is -0.351 e. The fourth-order valence-electron chi connectivity index (χ4n) is 3.44. The van der Waals surface area contributed by atoms with Gasteiger partial charge in [-0.3, -0.25) is 9.59 Å². The van der Waals surface area contributed by atoms with Gasteiger partial charge >= 0.3 is 0 Å². The highest BCUT2D eigenvalue weighted by Crippen LogP contribution is 2.30. The van der Waals surface area contributed by atoms with Crippen LogP contribution in [0.1, 0.15) is 31.2 Å². The van der Waals surface area contributed by atoms with Crippen molar-refractivity contribution >= 4 is 35.5 Å². The Hall–Kier alpha value is -1.30. The van der Waals surface area contributed by atoms with Gasteiger partial charge in [0.25, 0.3) is 0 Å². The summed E-state index contributed by atoms with van der Waals surface area (Å²) in [5.41, 5.74) is 0.855. The van der Waals surface area contributed by atoms with Gasteiger partial charge in [-0.1, -0.05) is 29.3 Å². The second-order valence-electron chi connectivity index (χ2n) is 7.32. The Morgan fingerprint density at radius 2 is 1.92 bits per heavy atom. The third-order valence-electron chi connectivity index (χ3n) is 5.16. The number of carbonyl (C=O) groups excluding carboxylic acids is 2. The number of piperidine rings is 1. The molecule has 1 atom stereocenters. The summed E-state index contributed by atoms with van der Waals surface area (Å²) in [6.45, 7) is 3.26. The maximum atomic E-state index is 12.6. The minimum atomic E-state index is -0.616. The SMILES string of the molecule is O=CNC(Cc1ccc(Cl)c(Cl)c1)C(=O)NC1CCN(CC2CC2)CC1. The van der Waals surface area contributed by atoms with Crippen molar-refractivity contribution in [3.05, 3.63) is 33.8 Å². The van der Waals surface area contributed by atoms with Gasteiger partial charge in [0.1, 0.15) is 6.04 Å². The molecule has 1 aliphatic carbocycles. The molecule has 7 heteroatoms. The highest BCUT2D eigenvalue weighted by molar-refractivity contribution is 6.42. The number of carbonyl (C=O) groups is 2. The van der Waals surface area contributed by atoms with Gasteiger partial charge in [-0.05, 0) is 49.3 Å². The van der Waals surface area contributed by atoms with Crippen LogP contribution in [-0.4, -0.2) is 48.9 Å². The predicted octanol–water partition coefficient (Wildman–Crippen LogP) is 2.64. The Bertz CT molecular complexity index is 644. The van der Waals surface area contributed by atoms with Crippen molar-refractivity contribution in [2.45, 2.75) is 44.2 Å². The summed E-state index contributed by atoms with van der Waals surface area (Å²) < 4.78 is 0. The van der Waals surface area contributed by atoms with Crippen LogP contribution in [0.15, 0.2) is 18.2 Å². The molecule has 1 aromatic carbocycles. The monoisotopic (exact) mass is 397 g/mol. The summed E-state index contributed by atoms with van der Waals surface area (Å²) in [4.78, 5) is 26.0. The van der Waals surface area contributed by atoms with E-state index < -0.39 is 6.04 Å². The van der Waals surface area contributed by atoms with E-state index in [0.29, 0.717) is 22.9 Å². The lowest BCUT2D eigenvalue weighted by atomic mass is 10.0. The van der Waals surface area contributed by atoms with Gasteiger partial charge in [-0.25, -0.2) is 0 Å². The molecular formula is C19H25Cl2N3O2. The average molecular weight is 398 g/mol. The largest absolute Gasteiger partial charge is 0.351 e. The van der Waals surface area contributed by atoms with Crippen LogP contribution in [0.2, 0.25) is 10.0 Å². The Kier molecular flexibility index (Phi) is 6.79. The van der Waals surface area contributed by atoms with Crippen LogP contribution in [0.3, 0.4) is 0 Å². The van der Waals surface area contributed by atoms with E-state index in [-0.39, 0.29) is 11.9 Å². The fraction of sp³-hybridized carbons (Fsp3) is 0.579. The third kappa shape index (κ3) is 5.60. The quantitative estimate of drug-likeness (QED) is 0.662. The van der Waals surface area contributed by atoms with Crippen LogP contribution in [0, 0.1) is 5.92 Å². The molecule has 5 nitrogen and oxygen atoms in total. The van der Waals surface area contributed by atoms with E-state index >= 15 is 0 Å². The van der Waals surface area contributed by atoms with Crippen molar-refractivity contribution in [1.82, 2.24) is 15.5 Å². The Labute approximate surface area is 164 Å². The zero-order valence-corrected chi connectivity index (χ0v) is 16.2. The van der Waals surface area contributed by atoms with Crippen LogP contribution in [-0.2, 0) is 16.0 Å². The highest BCUT2D eigenvalue weighted by Gasteiger charge is 2.28. The zero-order chi connectivity index (χ0) is 18.5. The molecule has 142 valence electrons. The fourth-order valence-corrected chi connectivity index (χ4v) is 3.76. The molecule has 2 aliphatic rings. The minimum absolute atomic E-state index is 0.149. The second kappa shape index (κ2) is 9.07. The number of nitrogens with zero attached hydrogens (tertiary/aromatic N) is 1. The van der Waals surface area contributed by atoms with Crippen LogP contribution in [0.25, 0.3) is 0 Å². The molecule has 0 spiro atoms. The smallest absolute Gasteiger partial charge is 0.243 e. The number of hydrogen-bond acceptors (Lipinski definition) is 3. The van der Waals surface area contributed by atoms with Crippen molar-refractivity contribution in [2.24, 2.45) is 5.92 Å². The summed E-state index contributed by atoms with van der Waals surface area (Å²) in [5, 5.41) is 6.62. The predicted molar refractivity (Wildman–Crippen MR) is 103 cm³/mol. The zero-order valence-electron chi connectivity index (χ0n) is 14.7. The molecular weight excluding hydrogens is 373 g/mol. The topological polar surface area (TPSA) is 61.4 Å². The molecule has 2 amide bonds. The summed E-state index contributed by atoms with van der Waals surface area (Å²) in [6.07, 6.45) is 5.59. The first-order valence-corrected chi connectivity index (χ1v) is 9.97. The van der Waals surface area contributed by atoms with E-state index in [4.69, 9.17) is 23.2 Å². The van der Waals surface area contributed by atoms with Crippen molar-refractivity contribution in [1.29, 1.82) is 0 Å². The van der Waals surface area contributed by atoms with Gasteiger partial charge in [-0.2, -0.15) is 0 Å². The number of amides is 2. The normalized spacial score (nSPS) is 19.8. The molecule has 2 N–H and O–H groups in total. The first kappa shape index (κ1) is 19.5. The maximum Gasteiger partial charge on any atom is 0.243 e. The van der Waals surface area contributed by atoms with Gasteiger partial charge in [-0.15, -0.1) is 0 Å². The van der Waals surface area contributed by atoms with Gasteiger partial charge < -0.3 is 15.5 Å². The molecule has 1 unspecified atom stereocenters. The number of rotatable bonds is 8. The molecule has 1 saturated carbocycles. The summed E-state index contributed by atoms with van der Waals surface area (Å²) in [7, 11) is 0. The molecule has 1 aromatic rings. The highest BCUT2D eigenvalue weighted by atomic mass is 35.5. The van der Waals surface area contributed by atoms with E-state index in [1.54, 1.807) is 12.1 Å². The lowest BCUT2D eigenvalue weighted by molar-refractivity contribution is -0.126. The van der Waals surface area contributed by atoms with Crippen LogP contribution >= 0.6 is 23.2 Å². The number of halogens is 2. The molecule has 0 aromatic heterocycles. The average Bonchev–Trinajstić information content (AvgIpc) is 3.43. The van der Waals surface area contributed by atoms with Crippen LogP contribution < -0.4 is 10.6 Å². The molecule has 1 heterocycles. The number of nitrogens with one attached hydrogen (secondary N) is 2. The van der Waals surface area contributed by atoms with Crippen molar-refractivity contribution in [3.8, 4) is 0 Å². The van der Waals surface area contributed by atoms with Crippen LogP contribution in [0.4, 0.5) is 0 Å². The molecule has 2 fully saturated rings. The molecule has 0 bridgehead atoms. The van der Waals surface area contributed by atoms with Crippen molar-refractivity contribution in [3.63, 3.8) is 0 Å². The van der Waals surface area contributed by atoms with E-state index in [1.807, 2.05) is 6.07 Å². The first-order valence-electron chi connectivity index (χ1n) is 9.21. The summed E-state index contributed by atoms with van der Waals surface area (Å²) in [6, 6.07) is 4.80. The first-order chi connectivity index (χ1) is 12.5. The van der Waals surface area contributed by atoms with Gasteiger partial charge in [0.2, 0.25) is 12.3 Å². The molecule has 1 aliphatic heterocycles. The van der Waals surface area contributed by atoms with Crippen molar-refractivity contribution < 1.29 is 9.59 Å². The second-order valence-corrected chi connectivity index (χ2v) is 8.13. The van der Waals surface area contributed by atoms with Crippen molar-refractivity contribution in [2.75, 3.05) is 19.6 Å². The standard InChI is InChI=1S/C19H25Cl2N3O2/c20-16-4-3-14(9-17(16)21)10-18(22-12-25)19(26)23-15-5-7-24(8-6-15)11-13-1-2-13/h3-4,9,12-13,15,18H,1-2,5-8,10-11H2,(H,22,25)(H,23,26). The molecule has 3 rings (SSSR count). The third-order valence-corrected chi connectivity index (χ3v) is 5.90. The van der Waals surface area contributed by atoms with Crippen LogP contribution in [0.5, 0.6) is 0 Å². The summed E-state index contributed by atoms with van der Waals surface area (Å²) in [5.74, 6) is 0.748. The molecule has 26 heavy (non-hydrogen) atoms. The van der Waals surface area contributed by atoms with Gasteiger partial charge in [0, 0.05) is 32.1 Å². The lowest BCUT2D eigenvalue weighted by Gasteiger charge is -2.33.